The number of rotatable bonds is 3. The van der Waals surface area contributed by atoms with Crippen LogP contribution in [0.2, 0.25) is 0 Å². The molecule has 1 unspecified atom stereocenters. The Kier molecular flexibility index (Phi) is 10.5. The van der Waals surface area contributed by atoms with Crippen molar-refractivity contribution in [3.63, 3.8) is 0 Å². The number of fused-ring (bicyclic) bond motifs is 2. The number of hydrogen-bond donors (Lipinski definition) is 0. The number of thiophene rings is 1. The van der Waals surface area contributed by atoms with E-state index in [4.69, 9.17) is 0 Å². The van der Waals surface area contributed by atoms with Crippen LogP contribution in [-0.4, -0.2) is 5.66 Å². The summed E-state index contributed by atoms with van der Waals surface area (Å²) in [6, 6.07) is 31.7. The fourth-order valence-corrected chi connectivity index (χ4v) is 9.75. The summed E-state index contributed by atoms with van der Waals surface area (Å²) >= 11 is 1.79. The molecule has 2 nitrogen and oxygen atoms in total. The Morgan fingerprint density at radius 2 is 1.13 bits per heavy atom. The maximum Gasteiger partial charge on any atom is 0.130 e. The van der Waals surface area contributed by atoms with Gasteiger partial charge in [0.2, 0.25) is 0 Å². The zero-order valence-electron chi connectivity index (χ0n) is 32.2. The third-order valence-electron chi connectivity index (χ3n) is 11.0. The minimum Gasteiger partial charge on any atom is -0.297 e. The Morgan fingerprint density at radius 3 is 1.62 bits per heavy atom. The highest BCUT2D eigenvalue weighted by molar-refractivity contribution is 7.17. The van der Waals surface area contributed by atoms with Crippen molar-refractivity contribution in [1.29, 1.82) is 0 Å². The molecule has 0 radical (unpaired) electrons. The van der Waals surface area contributed by atoms with Crippen LogP contribution < -0.4 is 20.2 Å². The minimum absolute atomic E-state index is 0.953. The molecule has 1 aromatic heterocycles. The average molecular weight is 721 g/mol. The smallest absolute Gasteiger partial charge is 0.130 e. The number of allylic oxidation sites excluding steroid dienone is 2. The van der Waals surface area contributed by atoms with Gasteiger partial charge in [-0.2, -0.15) is 0 Å². The molecule has 1 fully saturated rings. The van der Waals surface area contributed by atoms with Crippen LogP contribution >= 0.6 is 20.6 Å². The van der Waals surface area contributed by atoms with Gasteiger partial charge in [-0.1, -0.05) is 97.1 Å². The second kappa shape index (κ2) is 15.1. The third-order valence-corrected chi connectivity index (χ3v) is 12.5. The van der Waals surface area contributed by atoms with Crippen LogP contribution in [0.3, 0.4) is 0 Å². The summed E-state index contributed by atoms with van der Waals surface area (Å²) in [6.07, 6.45) is 9.70. The lowest BCUT2D eigenvalue weighted by Gasteiger charge is -2.32. The summed E-state index contributed by atoms with van der Waals surface area (Å²) in [5.74, 6) is 1.19. The highest BCUT2D eigenvalue weighted by atomic mass is 32.1. The topological polar surface area (TPSA) is 6.48 Å². The molecule has 1 atom stereocenters. The highest BCUT2D eigenvalue weighted by Crippen LogP contribution is 2.45. The normalized spacial score (nSPS) is 15.6. The predicted molar refractivity (Wildman–Crippen MR) is 233 cm³/mol. The van der Waals surface area contributed by atoms with E-state index in [0.29, 0.717) is 0 Å². The Labute approximate surface area is 317 Å². The molecule has 0 N–H and O–H groups in total. The van der Waals surface area contributed by atoms with Gasteiger partial charge in [0, 0.05) is 21.5 Å². The molecule has 0 spiro atoms. The second-order valence-electron chi connectivity index (χ2n) is 15.2. The van der Waals surface area contributed by atoms with Gasteiger partial charge in [0.25, 0.3) is 0 Å². The fraction of sp³-hybridized carbons (Fsp3) is 0.292. The zero-order valence-corrected chi connectivity index (χ0v) is 34.2. The molecule has 0 saturated heterocycles. The van der Waals surface area contributed by atoms with Gasteiger partial charge >= 0.3 is 0 Å². The van der Waals surface area contributed by atoms with Gasteiger partial charge < -0.3 is 0 Å². The molecule has 266 valence electrons. The van der Waals surface area contributed by atoms with Crippen molar-refractivity contribution in [3.05, 3.63) is 150 Å². The third kappa shape index (κ3) is 6.99. The van der Waals surface area contributed by atoms with E-state index in [1.165, 1.54) is 131 Å². The van der Waals surface area contributed by atoms with E-state index in [2.05, 4.69) is 171 Å². The molecule has 52 heavy (non-hydrogen) atoms. The molecule has 1 aliphatic heterocycles. The lowest BCUT2D eigenvalue weighted by Crippen LogP contribution is -2.38. The summed E-state index contributed by atoms with van der Waals surface area (Å²) < 4.78 is 0. The van der Waals surface area contributed by atoms with E-state index in [9.17, 15) is 0 Å². The van der Waals surface area contributed by atoms with Gasteiger partial charge in [0.1, 0.15) is 5.82 Å². The van der Waals surface area contributed by atoms with Crippen molar-refractivity contribution < 1.29 is 0 Å². The molecule has 8 rings (SSSR count). The van der Waals surface area contributed by atoms with Crippen LogP contribution in [-0.2, 0) is 0 Å². The number of benzene rings is 5. The SMILES string of the molecule is CC1=C(C)N(c2c(C)cc(C)cc2C)C(=c2ccc3cc4ccccc4cc3c2=Cc2cccs2)N1c1c(C)cc(C)cc1C.PC1CCCCC1. The van der Waals surface area contributed by atoms with Gasteiger partial charge in [-0.05, 0) is 153 Å². The van der Waals surface area contributed by atoms with Gasteiger partial charge in [-0.3, -0.25) is 9.80 Å². The minimum atomic E-state index is 0.953. The van der Waals surface area contributed by atoms with Crippen molar-refractivity contribution in [3.8, 4) is 0 Å². The molecule has 5 aromatic carbocycles. The van der Waals surface area contributed by atoms with Crippen LogP contribution in [0, 0.1) is 41.5 Å². The highest BCUT2D eigenvalue weighted by Gasteiger charge is 2.35. The number of hydrogen-bond acceptors (Lipinski definition) is 3. The summed E-state index contributed by atoms with van der Waals surface area (Å²) in [4.78, 5) is 6.32. The second-order valence-corrected chi connectivity index (χ2v) is 17.1. The largest absolute Gasteiger partial charge is 0.297 e. The van der Waals surface area contributed by atoms with Gasteiger partial charge in [-0.15, -0.1) is 20.6 Å². The lowest BCUT2D eigenvalue weighted by atomic mass is 9.99. The Morgan fingerprint density at radius 1 is 0.596 bits per heavy atom. The van der Waals surface area contributed by atoms with Crippen LogP contribution in [0.5, 0.6) is 0 Å². The van der Waals surface area contributed by atoms with Crippen molar-refractivity contribution in [2.45, 2.75) is 93.2 Å². The predicted octanol–water partition coefficient (Wildman–Crippen LogP) is 12.3. The molecular weight excluding hydrogens is 668 g/mol. The molecule has 2 heterocycles. The maximum absolute atomic E-state index is 2.91. The first-order chi connectivity index (χ1) is 25.0. The van der Waals surface area contributed by atoms with Gasteiger partial charge in [0.15, 0.2) is 0 Å². The van der Waals surface area contributed by atoms with E-state index in [-0.39, 0.29) is 0 Å². The quantitative estimate of drug-likeness (QED) is 0.133. The maximum atomic E-state index is 2.91. The molecule has 2 aliphatic rings. The monoisotopic (exact) mass is 720 g/mol. The molecular formula is C48H53N2PS. The van der Waals surface area contributed by atoms with E-state index in [1.54, 1.807) is 11.3 Å². The molecule has 0 amide bonds. The molecule has 6 aromatic rings. The van der Waals surface area contributed by atoms with Crippen LogP contribution in [0.4, 0.5) is 11.4 Å². The summed E-state index contributed by atoms with van der Waals surface area (Å²) in [7, 11) is 2.91. The summed E-state index contributed by atoms with van der Waals surface area (Å²) in [5, 5.41) is 9.68. The van der Waals surface area contributed by atoms with Gasteiger partial charge in [0.05, 0.1) is 11.4 Å². The lowest BCUT2D eigenvalue weighted by molar-refractivity contribution is 0.516. The van der Waals surface area contributed by atoms with Crippen molar-refractivity contribution in [2.75, 3.05) is 9.80 Å². The number of nitrogens with zero attached hydrogens (tertiary/aromatic N) is 2. The standard InChI is InChI=1S/C42H40N2S.C6H13P/c1-25-18-27(3)40(28(4)19-25)43-31(7)32(8)44(41-29(5)20-26(2)21-30(41)6)42(43)37-16-15-35-22-33-12-9-10-13-34(33)23-38(35)39(37)24-36-14-11-17-45-36;7-6-4-2-1-3-5-6/h9-24H,1-8H3;6H,1-5,7H2. The van der Waals surface area contributed by atoms with Crippen molar-refractivity contribution >= 4 is 65.4 Å². The van der Waals surface area contributed by atoms with Gasteiger partial charge in [-0.25, -0.2) is 0 Å². The number of anilines is 2. The number of aryl methyl sites for hydroxylation is 6. The summed E-state index contributed by atoms with van der Waals surface area (Å²) in [5.41, 5.74) is 13.7. The van der Waals surface area contributed by atoms with Crippen LogP contribution in [0.1, 0.15) is 84.2 Å². The van der Waals surface area contributed by atoms with E-state index >= 15 is 0 Å². The first-order valence-electron chi connectivity index (χ1n) is 18.9. The Bertz CT molecular complexity index is 2330. The molecule has 1 aliphatic carbocycles. The van der Waals surface area contributed by atoms with Crippen molar-refractivity contribution in [2.24, 2.45) is 0 Å². The zero-order chi connectivity index (χ0) is 36.7. The van der Waals surface area contributed by atoms with E-state index in [1.807, 2.05) is 0 Å². The first kappa shape index (κ1) is 36.2. The Balaban J connectivity index is 0.000000539. The van der Waals surface area contributed by atoms with Crippen LogP contribution in [0.15, 0.2) is 102 Å². The van der Waals surface area contributed by atoms with E-state index < -0.39 is 0 Å². The first-order valence-corrected chi connectivity index (χ1v) is 20.5. The van der Waals surface area contributed by atoms with Crippen molar-refractivity contribution in [1.82, 2.24) is 0 Å². The van der Waals surface area contributed by atoms with Crippen LogP contribution in [0.25, 0.3) is 33.4 Å². The fourth-order valence-electron chi connectivity index (χ4n) is 8.62. The summed E-state index contributed by atoms with van der Waals surface area (Å²) in [6.45, 7) is 18.0. The molecule has 0 bridgehead atoms. The average Bonchev–Trinajstić information content (AvgIpc) is 3.70. The molecule has 1 saturated carbocycles. The van der Waals surface area contributed by atoms with E-state index in [0.717, 1.165) is 5.66 Å². The molecule has 4 heteroatoms. The Hall–Kier alpha value is -4.17.